The zero-order chi connectivity index (χ0) is 8.39. The summed E-state index contributed by atoms with van der Waals surface area (Å²) in [5, 5.41) is 21.9. The van der Waals surface area contributed by atoms with E-state index in [0.717, 1.165) is 0 Å². The van der Waals surface area contributed by atoms with E-state index in [1.165, 1.54) is 6.20 Å². The lowest BCUT2D eigenvalue weighted by atomic mass is 10.5. The lowest BCUT2D eigenvalue weighted by Crippen LogP contribution is -1.83. The molecule has 12 heavy (non-hydrogen) atoms. The van der Waals surface area contributed by atoms with Crippen LogP contribution in [-0.2, 0) is 6.61 Å². The fraction of sp³-hybridized carbons (Fsp3) is 0.200. The molecule has 2 aromatic heterocycles. The highest BCUT2D eigenvalue weighted by atomic mass is 16.5. The van der Waals surface area contributed by atoms with Crippen LogP contribution in [0.1, 0.15) is 5.89 Å². The van der Waals surface area contributed by atoms with Gasteiger partial charge in [-0.3, -0.25) is 0 Å². The molecule has 2 rings (SSSR count). The number of aliphatic hydroxyl groups excluding tert-OH is 1. The first-order valence-electron chi connectivity index (χ1n) is 3.19. The molecule has 0 aliphatic carbocycles. The lowest BCUT2D eigenvalue weighted by Gasteiger charge is -1.79. The second kappa shape index (κ2) is 2.70. The summed E-state index contributed by atoms with van der Waals surface area (Å²) in [5.41, 5.74) is 0.485. The molecule has 7 nitrogen and oxygen atoms in total. The van der Waals surface area contributed by atoms with Crippen molar-refractivity contribution in [3.05, 3.63) is 12.1 Å². The third-order valence-corrected chi connectivity index (χ3v) is 1.25. The van der Waals surface area contributed by atoms with Crippen LogP contribution in [0.2, 0.25) is 0 Å². The number of hydrogen-bond donors (Lipinski definition) is 2. The van der Waals surface area contributed by atoms with E-state index in [2.05, 4.69) is 30.1 Å². The Kier molecular flexibility index (Phi) is 1.56. The molecule has 0 fully saturated rings. The number of aliphatic hydroxyl groups is 1. The van der Waals surface area contributed by atoms with E-state index in [-0.39, 0.29) is 12.5 Å². The minimum atomic E-state index is -0.273. The minimum absolute atomic E-state index is 0.160. The van der Waals surface area contributed by atoms with Gasteiger partial charge in [-0.25, -0.2) is 0 Å². The highest BCUT2D eigenvalue weighted by Crippen LogP contribution is 2.09. The molecule has 2 heterocycles. The van der Waals surface area contributed by atoms with Crippen LogP contribution >= 0.6 is 0 Å². The molecule has 0 amide bonds. The highest BCUT2D eigenvalue weighted by molar-refractivity contribution is 5.44. The van der Waals surface area contributed by atoms with Gasteiger partial charge in [0, 0.05) is 0 Å². The summed E-state index contributed by atoms with van der Waals surface area (Å²) >= 11 is 0. The van der Waals surface area contributed by atoms with Crippen molar-refractivity contribution in [2.75, 3.05) is 0 Å². The van der Waals surface area contributed by atoms with Crippen molar-refractivity contribution in [1.82, 2.24) is 25.6 Å². The topological polar surface area (TPSA) is 101 Å². The van der Waals surface area contributed by atoms with Gasteiger partial charge in [0.15, 0.2) is 5.69 Å². The van der Waals surface area contributed by atoms with E-state index in [1.807, 2.05) is 0 Å². The van der Waals surface area contributed by atoms with Crippen molar-refractivity contribution < 1.29 is 9.63 Å². The molecule has 0 aliphatic rings. The number of nitrogens with zero attached hydrogens (tertiary/aromatic N) is 4. The fourth-order valence-electron chi connectivity index (χ4n) is 0.732. The molecule has 0 aromatic carbocycles. The van der Waals surface area contributed by atoms with Crippen LogP contribution in [0.4, 0.5) is 0 Å². The first kappa shape index (κ1) is 6.92. The molecule has 2 aromatic rings. The molecule has 7 heteroatoms. The summed E-state index contributed by atoms with van der Waals surface area (Å²) in [6, 6.07) is 0. The molecular formula is C5H5N5O2. The molecule has 0 spiro atoms. The minimum Gasteiger partial charge on any atom is -0.387 e. The van der Waals surface area contributed by atoms with Crippen LogP contribution in [0.3, 0.4) is 0 Å². The highest BCUT2D eigenvalue weighted by Gasteiger charge is 2.08. The molecule has 0 atom stereocenters. The molecular weight excluding hydrogens is 162 g/mol. The molecule has 62 valence electrons. The molecule has 0 bridgehead atoms. The molecule has 2 N–H and O–H groups in total. The Morgan fingerprint density at radius 3 is 3.08 bits per heavy atom. The van der Waals surface area contributed by atoms with Crippen LogP contribution in [0.25, 0.3) is 11.5 Å². The first-order chi connectivity index (χ1) is 5.90. The van der Waals surface area contributed by atoms with E-state index in [1.54, 1.807) is 0 Å². The second-order valence-corrected chi connectivity index (χ2v) is 2.03. The smallest absolute Gasteiger partial charge is 0.252 e. The van der Waals surface area contributed by atoms with Gasteiger partial charge in [0.05, 0.1) is 6.20 Å². The number of hydrogen-bond acceptors (Lipinski definition) is 6. The molecule has 0 aliphatic heterocycles. The predicted octanol–water partition coefficient (Wildman–Crippen LogP) is -0.653. The van der Waals surface area contributed by atoms with Crippen molar-refractivity contribution in [3.63, 3.8) is 0 Å². The number of H-pyrrole nitrogens is 1. The van der Waals surface area contributed by atoms with Gasteiger partial charge < -0.3 is 9.63 Å². The maximum absolute atomic E-state index is 8.61. The van der Waals surface area contributed by atoms with Crippen molar-refractivity contribution in [3.8, 4) is 11.5 Å². The van der Waals surface area contributed by atoms with E-state index in [9.17, 15) is 0 Å². The van der Waals surface area contributed by atoms with E-state index < -0.39 is 0 Å². The summed E-state index contributed by atoms with van der Waals surface area (Å²) in [4.78, 5) is 3.82. The predicted molar refractivity (Wildman–Crippen MR) is 35.6 cm³/mol. The van der Waals surface area contributed by atoms with Gasteiger partial charge in [0.2, 0.25) is 5.82 Å². The van der Waals surface area contributed by atoms with Gasteiger partial charge in [-0.15, -0.1) is 0 Å². The van der Waals surface area contributed by atoms with Crippen LogP contribution in [0, 0.1) is 0 Å². The number of nitrogens with one attached hydrogen (secondary N) is 1. The largest absolute Gasteiger partial charge is 0.387 e. The maximum Gasteiger partial charge on any atom is 0.252 e. The zero-order valence-electron chi connectivity index (χ0n) is 5.93. The third kappa shape index (κ3) is 1.05. The number of aromatic nitrogens is 5. The van der Waals surface area contributed by atoms with Gasteiger partial charge >= 0.3 is 0 Å². The van der Waals surface area contributed by atoms with Crippen LogP contribution in [0.5, 0.6) is 0 Å². The SMILES string of the molecule is OCc1nc(-c2cn[nH]n2)no1. The van der Waals surface area contributed by atoms with Crippen LogP contribution < -0.4 is 0 Å². The summed E-state index contributed by atoms with van der Waals surface area (Å²) < 4.78 is 4.64. The van der Waals surface area contributed by atoms with Crippen LogP contribution in [-0.4, -0.2) is 30.7 Å². The van der Waals surface area contributed by atoms with E-state index >= 15 is 0 Å². The van der Waals surface area contributed by atoms with Gasteiger partial charge in [0.25, 0.3) is 5.89 Å². The Hall–Kier alpha value is -1.76. The Labute approximate surface area is 66.4 Å². The number of rotatable bonds is 2. The fourth-order valence-corrected chi connectivity index (χ4v) is 0.732. The summed E-state index contributed by atoms with van der Waals surface area (Å²) in [6.07, 6.45) is 1.46. The third-order valence-electron chi connectivity index (χ3n) is 1.25. The summed E-state index contributed by atoms with van der Waals surface area (Å²) in [5.74, 6) is 0.473. The van der Waals surface area contributed by atoms with Gasteiger partial charge in [-0.2, -0.15) is 20.4 Å². The van der Waals surface area contributed by atoms with Crippen molar-refractivity contribution >= 4 is 0 Å². The van der Waals surface area contributed by atoms with E-state index in [4.69, 9.17) is 5.11 Å². The first-order valence-corrected chi connectivity index (χ1v) is 3.19. The van der Waals surface area contributed by atoms with Crippen molar-refractivity contribution in [1.29, 1.82) is 0 Å². The average Bonchev–Trinajstić information content (AvgIpc) is 2.75. The maximum atomic E-state index is 8.61. The Morgan fingerprint density at radius 1 is 1.58 bits per heavy atom. The Morgan fingerprint density at radius 2 is 2.50 bits per heavy atom. The number of aromatic amines is 1. The van der Waals surface area contributed by atoms with Gasteiger partial charge in [0.1, 0.15) is 6.61 Å². The summed E-state index contributed by atoms with van der Waals surface area (Å²) in [7, 11) is 0. The van der Waals surface area contributed by atoms with Crippen molar-refractivity contribution in [2.24, 2.45) is 0 Å². The molecule has 0 radical (unpaired) electrons. The molecule has 0 saturated carbocycles. The van der Waals surface area contributed by atoms with Crippen LogP contribution in [0.15, 0.2) is 10.7 Å². The molecule has 0 saturated heterocycles. The van der Waals surface area contributed by atoms with Gasteiger partial charge in [-0.05, 0) is 0 Å². The quantitative estimate of drug-likeness (QED) is 0.616. The lowest BCUT2D eigenvalue weighted by molar-refractivity contribution is 0.222. The molecule has 0 unspecified atom stereocenters. The standard InChI is InChI=1S/C5H5N5O2/c11-2-4-7-5(9-12-4)3-1-6-10-8-3/h1,11H,2H2,(H,6,8,10). The average molecular weight is 167 g/mol. The van der Waals surface area contributed by atoms with E-state index in [0.29, 0.717) is 11.5 Å². The summed E-state index contributed by atoms with van der Waals surface area (Å²) in [6.45, 7) is -0.273. The van der Waals surface area contributed by atoms with Crippen molar-refractivity contribution in [2.45, 2.75) is 6.61 Å². The monoisotopic (exact) mass is 167 g/mol. The normalized spacial score (nSPS) is 10.4. The zero-order valence-corrected chi connectivity index (χ0v) is 5.93. The Bertz CT molecular complexity index is 354. The Balaban J connectivity index is 2.35. The second-order valence-electron chi connectivity index (χ2n) is 2.03. The van der Waals surface area contributed by atoms with Gasteiger partial charge in [-0.1, -0.05) is 5.16 Å².